The maximum atomic E-state index is 8.74. The van der Waals surface area contributed by atoms with E-state index in [0.717, 1.165) is 6.42 Å². The number of nitriles is 1. The van der Waals surface area contributed by atoms with Gasteiger partial charge in [0.15, 0.2) is 0 Å². The molecule has 1 atom stereocenters. The maximum absolute atomic E-state index is 8.74. The average molecular weight is 151 g/mol. The summed E-state index contributed by atoms with van der Waals surface area (Å²) < 4.78 is 0. The molecule has 1 unspecified atom stereocenters. The molecule has 0 aromatic carbocycles. The van der Waals surface area contributed by atoms with Gasteiger partial charge in [-0.25, -0.2) is 0 Å². The molecule has 0 fully saturated rings. The molecular weight excluding hydrogens is 141 g/mol. The van der Waals surface area contributed by atoms with Crippen molar-refractivity contribution >= 4 is 7.12 Å². The first-order valence-electron chi connectivity index (χ1n) is 3.68. The van der Waals surface area contributed by atoms with Crippen molar-refractivity contribution in [2.45, 2.75) is 19.3 Å². The Kier molecular flexibility index (Phi) is 2.69. The number of hydrogen-bond acceptors (Lipinski definition) is 3. The first-order chi connectivity index (χ1) is 5.24. The highest BCUT2D eigenvalue weighted by atomic mass is 16.4. The molecule has 0 heterocycles. The molecule has 0 spiro atoms. The van der Waals surface area contributed by atoms with Gasteiger partial charge in [0.2, 0.25) is 0 Å². The molecule has 0 radical (unpaired) electrons. The van der Waals surface area contributed by atoms with Gasteiger partial charge in [-0.3, -0.25) is 0 Å². The Morgan fingerprint density at radius 2 is 2.36 bits per heavy atom. The molecular formula is C7H10BNO2. The molecule has 0 saturated carbocycles. The van der Waals surface area contributed by atoms with Crippen LogP contribution in [-0.4, -0.2) is 17.2 Å². The molecule has 4 heteroatoms. The van der Waals surface area contributed by atoms with Gasteiger partial charge in [0.25, 0.3) is 0 Å². The fraction of sp³-hybridized carbons (Fsp3) is 0.571. The summed E-state index contributed by atoms with van der Waals surface area (Å²) in [4.78, 5) is 0. The highest BCUT2D eigenvalue weighted by molar-refractivity contribution is 6.50. The van der Waals surface area contributed by atoms with Crippen LogP contribution in [0, 0.1) is 17.2 Å². The summed E-state index contributed by atoms with van der Waals surface area (Å²) in [5.74, 6) is 0.0671. The number of allylic oxidation sites excluding steroid dienone is 2. The van der Waals surface area contributed by atoms with Gasteiger partial charge in [0.05, 0.1) is 12.0 Å². The van der Waals surface area contributed by atoms with Crippen LogP contribution in [0.25, 0.3) is 0 Å². The molecule has 1 aliphatic carbocycles. The lowest BCUT2D eigenvalue weighted by Crippen LogP contribution is -2.19. The van der Waals surface area contributed by atoms with Crippen LogP contribution in [0.4, 0.5) is 0 Å². The molecule has 0 aromatic rings. The average Bonchev–Trinajstić information content (AvgIpc) is 2.05. The van der Waals surface area contributed by atoms with Crippen LogP contribution in [0.1, 0.15) is 19.3 Å². The SMILES string of the molecule is N#CC1CC=C(B(O)O)CC1. The van der Waals surface area contributed by atoms with Crippen molar-refractivity contribution in [3.05, 3.63) is 11.5 Å². The second-order valence-electron chi connectivity index (χ2n) is 2.75. The predicted octanol–water partition coefficient (Wildman–Crippen LogP) is 0.248. The van der Waals surface area contributed by atoms with E-state index in [1.54, 1.807) is 6.08 Å². The summed E-state index contributed by atoms with van der Waals surface area (Å²) >= 11 is 0. The van der Waals surface area contributed by atoms with E-state index in [2.05, 4.69) is 6.07 Å². The topological polar surface area (TPSA) is 64.2 Å². The van der Waals surface area contributed by atoms with Gasteiger partial charge in [-0.05, 0) is 24.7 Å². The van der Waals surface area contributed by atoms with Crippen molar-refractivity contribution in [1.29, 1.82) is 5.26 Å². The number of nitrogens with zero attached hydrogens (tertiary/aromatic N) is 1. The Balaban J connectivity index is 2.52. The molecule has 0 aliphatic heterocycles. The van der Waals surface area contributed by atoms with Crippen molar-refractivity contribution in [3.8, 4) is 6.07 Å². The lowest BCUT2D eigenvalue weighted by Gasteiger charge is -2.15. The number of rotatable bonds is 1. The van der Waals surface area contributed by atoms with Gasteiger partial charge in [-0.2, -0.15) is 5.26 Å². The molecule has 2 N–H and O–H groups in total. The van der Waals surface area contributed by atoms with E-state index in [1.165, 1.54) is 0 Å². The van der Waals surface area contributed by atoms with Crippen LogP contribution in [0.5, 0.6) is 0 Å². The fourth-order valence-corrected chi connectivity index (χ4v) is 1.21. The molecule has 0 aromatic heterocycles. The third-order valence-corrected chi connectivity index (χ3v) is 1.96. The van der Waals surface area contributed by atoms with E-state index in [1.807, 2.05) is 0 Å². The molecule has 11 heavy (non-hydrogen) atoms. The second-order valence-corrected chi connectivity index (χ2v) is 2.75. The van der Waals surface area contributed by atoms with Gasteiger partial charge in [0, 0.05) is 0 Å². The molecule has 0 bridgehead atoms. The minimum Gasteiger partial charge on any atom is -0.423 e. The molecule has 1 aliphatic rings. The molecule has 1 rings (SSSR count). The van der Waals surface area contributed by atoms with E-state index in [0.29, 0.717) is 18.3 Å². The van der Waals surface area contributed by atoms with E-state index >= 15 is 0 Å². The van der Waals surface area contributed by atoms with Crippen LogP contribution in [0.3, 0.4) is 0 Å². The summed E-state index contributed by atoms with van der Waals surface area (Å²) in [5.41, 5.74) is 0.650. The summed E-state index contributed by atoms with van der Waals surface area (Å²) in [7, 11) is -1.32. The Morgan fingerprint density at radius 1 is 1.64 bits per heavy atom. The lowest BCUT2D eigenvalue weighted by molar-refractivity contribution is 0.411. The van der Waals surface area contributed by atoms with Gasteiger partial charge < -0.3 is 10.0 Å². The summed E-state index contributed by atoms with van der Waals surface area (Å²) in [6.45, 7) is 0. The zero-order valence-corrected chi connectivity index (χ0v) is 6.20. The first-order valence-corrected chi connectivity index (χ1v) is 3.68. The second kappa shape index (κ2) is 3.56. The largest absolute Gasteiger partial charge is 0.483 e. The third-order valence-electron chi connectivity index (χ3n) is 1.96. The fourth-order valence-electron chi connectivity index (χ4n) is 1.21. The van der Waals surface area contributed by atoms with Crippen LogP contribution in [0.2, 0.25) is 0 Å². The van der Waals surface area contributed by atoms with Gasteiger partial charge in [-0.1, -0.05) is 6.08 Å². The Bertz CT molecular complexity index is 207. The van der Waals surface area contributed by atoms with Gasteiger partial charge >= 0.3 is 7.12 Å². The van der Waals surface area contributed by atoms with Crippen LogP contribution < -0.4 is 0 Å². The van der Waals surface area contributed by atoms with Crippen LogP contribution in [-0.2, 0) is 0 Å². The van der Waals surface area contributed by atoms with Gasteiger partial charge in [0.1, 0.15) is 0 Å². The van der Waals surface area contributed by atoms with Crippen LogP contribution in [0.15, 0.2) is 11.5 Å². The van der Waals surface area contributed by atoms with Crippen molar-refractivity contribution in [2.24, 2.45) is 5.92 Å². The molecule has 58 valence electrons. The number of hydrogen-bond donors (Lipinski definition) is 2. The molecule has 0 saturated heterocycles. The van der Waals surface area contributed by atoms with Crippen molar-refractivity contribution in [3.63, 3.8) is 0 Å². The minimum atomic E-state index is -1.32. The highest BCUT2D eigenvalue weighted by Crippen LogP contribution is 2.22. The Hall–Kier alpha value is -0.785. The predicted molar refractivity (Wildman–Crippen MR) is 41.2 cm³/mol. The Labute approximate surface area is 66.1 Å². The summed E-state index contributed by atoms with van der Waals surface area (Å²) in [6.07, 6.45) is 3.79. The molecule has 3 nitrogen and oxygen atoms in total. The zero-order chi connectivity index (χ0) is 8.27. The normalized spacial score (nSPS) is 23.7. The minimum absolute atomic E-state index is 0.0671. The Morgan fingerprint density at radius 3 is 2.73 bits per heavy atom. The van der Waals surface area contributed by atoms with E-state index in [4.69, 9.17) is 15.3 Å². The van der Waals surface area contributed by atoms with Crippen molar-refractivity contribution in [1.82, 2.24) is 0 Å². The monoisotopic (exact) mass is 151 g/mol. The quantitative estimate of drug-likeness (QED) is 0.528. The third kappa shape index (κ3) is 2.07. The lowest BCUT2D eigenvalue weighted by atomic mass is 9.72. The van der Waals surface area contributed by atoms with Crippen molar-refractivity contribution in [2.75, 3.05) is 0 Å². The standard InChI is InChI=1S/C7H10BNO2/c9-5-6-1-3-7(4-2-6)8(10)11/h3,6,10-11H,1-2,4H2. The first kappa shape index (κ1) is 8.31. The van der Waals surface area contributed by atoms with Gasteiger partial charge in [-0.15, -0.1) is 0 Å². The smallest absolute Gasteiger partial charge is 0.423 e. The van der Waals surface area contributed by atoms with E-state index in [-0.39, 0.29) is 5.92 Å². The maximum Gasteiger partial charge on any atom is 0.483 e. The van der Waals surface area contributed by atoms with E-state index < -0.39 is 7.12 Å². The zero-order valence-electron chi connectivity index (χ0n) is 6.20. The molecule has 0 amide bonds. The van der Waals surface area contributed by atoms with Crippen LogP contribution >= 0.6 is 0 Å². The summed E-state index contributed by atoms with van der Waals surface area (Å²) in [6, 6.07) is 2.16. The van der Waals surface area contributed by atoms with Crippen molar-refractivity contribution < 1.29 is 10.0 Å². The summed E-state index contributed by atoms with van der Waals surface area (Å²) in [5, 5.41) is 26.0. The highest BCUT2D eigenvalue weighted by Gasteiger charge is 2.20. The van der Waals surface area contributed by atoms with E-state index in [9.17, 15) is 0 Å².